The number of halogens is 1. The third-order valence-corrected chi connectivity index (χ3v) is 4.14. The molecule has 0 fully saturated rings. The van der Waals surface area contributed by atoms with Gasteiger partial charge in [0.05, 0.1) is 18.2 Å². The Bertz CT molecular complexity index is 524. The van der Waals surface area contributed by atoms with Crippen LogP contribution in [0.5, 0.6) is 5.75 Å². The van der Waals surface area contributed by atoms with E-state index < -0.39 is 17.7 Å². The minimum Gasteiger partial charge on any atom is -0.491 e. The van der Waals surface area contributed by atoms with Gasteiger partial charge in [0.2, 0.25) is 0 Å². The van der Waals surface area contributed by atoms with Crippen LogP contribution in [0.15, 0.2) is 9.85 Å². The Morgan fingerprint density at radius 1 is 1.36 bits per heavy atom. The first kappa shape index (κ1) is 18.8. The van der Waals surface area contributed by atoms with Crippen LogP contribution < -0.4 is 10.1 Å². The van der Waals surface area contributed by atoms with Crippen molar-refractivity contribution in [2.45, 2.75) is 32.8 Å². The fraction of sp³-hybridized carbons (Fsp3) is 0.571. The number of thiophene rings is 1. The number of carbonyl (C=O) groups is 2. The molecule has 0 aliphatic heterocycles. The third kappa shape index (κ3) is 6.23. The molecule has 8 heteroatoms. The van der Waals surface area contributed by atoms with Gasteiger partial charge in [0.25, 0.3) is 0 Å². The lowest BCUT2D eigenvalue weighted by Gasteiger charge is -2.19. The van der Waals surface area contributed by atoms with Crippen molar-refractivity contribution < 1.29 is 23.8 Å². The number of rotatable bonds is 6. The predicted octanol–water partition coefficient (Wildman–Crippen LogP) is 3.59. The molecule has 0 spiro atoms. The monoisotopic (exact) mass is 393 g/mol. The second-order valence-corrected chi connectivity index (χ2v) is 7.10. The zero-order valence-corrected chi connectivity index (χ0v) is 15.4. The van der Waals surface area contributed by atoms with Crippen LogP contribution in [-0.4, -0.2) is 37.9 Å². The molecule has 0 bridgehead atoms. The number of alkyl carbamates (subject to hydrolysis) is 1. The average molecular weight is 394 g/mol. The van der Waals surface area contributed by atoms with E-state index in [1.807, 2.05) is 0 Å². The van der Waals surface area contributed by atoms with Gasteiger partial charge in [0, 0.05) is 11.9 Å². The van der Waals surface area contributed by atoms with Crippen LogP contribution in [-0.2, 0) is 9.47 Å². The lowest BCUT2D eigenvalue weighted by Crippen LogP contribution is -2.33. The number of hydrogen-bond acceptors (Lipinski definition) is 6. The maximum atomic E-state index is 11.6. The number of methoxy groups -OCH3 is 1. The summed E-state index contributed by atoms with van der Waals surface area (Å²) in [6.45, 7) is 6.19. The number of nitrogens with one attached hydrogen (secondary N) is 1. The molecule has 0 aliphatic carbocycles. The summed E-state index contributed by atoms with van der Waals surface area (Å²) in [6.07, 6.45) is 0.127. The van der Waals surface area contributed by atoms with Crippen molar-refractivity contribution >= 4 is 39.3 Å². The molecule has 6 nitrogen and oxygen atoms in total. The van der Waals surface area contributed by atoms with Crippen LogP contribution in [0.1, 0.15) is 36.9 Å². The highest BCUT2D eigenvalue weighted by molar-refractivity contribution is 9.10. The molecule has 0 aromatic carbocycles. The fourth-order valence-corrected chi connectivity index (χ4v) is 2.95. The first-order valence-electron chi connectivity index (χ1n) is 6.69. The second-order valence-electron chi connectivity index (χ2n) is 5.36. The van der Waals surface area contributed by atoms with E-state index in [4.69, 9.17) is 14.2 Å². The summed E-state index contributed by atoms with van der Waals surface area (Å²) in [5, 5.41) is 4.40. The molecular weight excluding hydrogens is 374 g/mol. The summed E-state index contributed by atoms with van der Waals surface area (Å²) in [5.41, 5.74) is -0.516. The Balaban J connectivity index is 2.35. The van der Waals surface area contributed by atoms with E-state index in [2.05, 4.69) is 21.2 Å². The first-order valence-corrected chi connectivity index (χ1v) is 8.37. The van der Waals surface area contributed by atoms with Crippen LogP contribution in [0.3, 0.4) is 0 Å². The van der Waals surface area contributed by atoms with E-state index in [1.54, 1.807) is 26.2 Å². The van der Waals surface area contributed by atoms with Crippen molar-refractivity contribution in [2.75, 3.05) is 20.3 Å². The van der Waals surface area contributed by atoms with Crippen LogP contribution in [0, 0.1) is 0 Å². The van der Waals surface area contributed by atoms with Crippen molar-refractivity contribution in [3.8, 4) is 5.75 Å². The highest BCUT2D eigenvalue weighted by Gasteiger charge is 2.19. The molecule has 0 unspecified atom stereocenters. The summed E-state index contributed by atoms with van der Waals surface area (Å²) in [5.74, 6) is 0.0340. The number of ether oxygens (including phenoxy) is 3. The van der Waals surface area contributed by atoms with Crippen molar-refractivity contribution in [3.05, 3.63) is 14.7 Å². The van der Waals surface area contributed by atoms with Crippen LogP contribution in [0.4, 0.5) is 4.79 Å². The highest BCUT2D eigenvalue weighted by Crippen LogP contribution is 2.35. The largest absolute Gasteiger partial charge is 0.491 e. The van der Waals surface area contributed by atoms with Gasteiger partial charge in [-0.1, -0.05) is 0 Å². The second kappa shape index (κ2) is 8.38. The van der Waals surface area contributed by atoms with Crippen LogP contribution >= 0.6 is 27.3 Å². The van der Waals surface area contributed by atoms with Crippen molar-refractivity contribution in [3.63, 3.8) is 0 Å². The molecule has 0 aliphatic rings. The van der Waals surface area contributed by atoms with Gasteiger partial charge in [-0.2, -0.15) is 0 Å². The molecule has 1 amide bonds. The Morgan fingerprint density at radius 2 is 2.05 bits per heavy atom. The molecule has 1 aromatic rings. The minimum atomic E-state index is -0.516. The number of esters is 1. The quantitative estimate of drug-likeness (QED) is 0.590. The van der Waals surface area contributed by atoms with Gasteiger partial charge >= 0.3 is 12.1 Å². The smallest absolute Gasteiger partial charge is 0.407 e. The molecule has 1 aromatic heterocycles. The topological polar surface area (TPSA) is 73.9 Å². The average Bonchev–Trinajstić information content (AvgIpc) is 2.77. The number of carbonyl (C=O) groups excluding carboxylic acids is 2. The normalized spacial score (nSPS) is 11.0. The summed E-state index contributed by atoms with van der Waals surface area (Å²) < 4.78 is 16.1. The standard InChI is InChI=1S/C14H20BrNO5S/c1-14(2,3)21-13(18)16-6-5-7-20-10-9(15)8-22-11(10)12(17)19-4/h8H,5-7H2,1-4H3,(H,16,18). The van der Waals surface area contributed by atoms with Crippen LogP contribution in [0.2, 0.25) is 0 Å². The number of amides is 1. The van der Waals surface area contributed by atoms with Crippen molar-refractivity contribution in [1.29, 1.82) is 0 Å². The SMILES string of the molecule is COC(=O)c1scc(Br)c1OCCCNC(=O)OC(C)(C)C. The summed E-state index contributed by atoms with van der Waals surface area (Å²) in [7, 11) is 1.32. The molecule has 1 heterocycles. The van der Waals surface area contributed by atoms with Gasteiger partial charge in [-0.25, -0.2) is 9.59 Å². The zero-order valence-electron chi connectivity index (χ0n) is 13.0. The van der Waals surface area contributed by atoms with Gasteiger partial charge in [0.1, 0.15) is 5.60 Å². The summed E-state index contributed by atoms with van der Waals surface area (Å²) in [6, 6.07) is 0. The lowest BCUT2D eigenvalue weighted by atomic mass is 10.2. The van der Waals surface area contributed by atoms with Gasteiger partial charge in [-0.3, -0.25) is 0 Å². The molecule has 22 heavy (non-hydrogen) atoms. The van der Waals surface area contributed by atoms with E-state index in [1.165, 1.54) is 18.4 Å². The van der Waals surface area contributed by atoms with E-state index >= 15 is 0 Å². The van der Waals surface area contributed by atoms with E-state index in [0.717, 1.165) is 0 Å². The summed E-state index contributed by atoms with van der Waals surface area (Å²) >= 11 is 4.58. The molecule has 0 atom stereocenters. The third-order valence-electron chi connectivity index (χ3n) is 2.31. The molecule has 0 saturated heterocycles. The summed E-state index contributed by atoms with van der Waals surface area (Å²) in [4.78, 5) is 23.4. The first-order chi connectivity index (χ1) is 10.2. The Hall–Kier alpha value is -1.28. The van der Waals surface area contributed by atoms with Gasteiger partial charge in [-0.15, -0.1) is 11.3 Å². The molecule has 0 radical (unpaired) electrons. The van der Waals surface area contributed by atoms with E-state index in [0.29, 0.717) is 34.7 Å². The van der Waals surface area contributed by atoms with Gasteiger partial charge < -0.3 is 19.5 Å². The predicted molar refractivity (Wildman–Crippen MR) is 87.7 cm³/mol. The van der Waals surface area contributed by atoms with Gasteiger partial charge in [0.15, 0.2) is 10.6 Å². The Labute approximate surface area is 142 Å². The molecular formula is C14H20BrNO5S. The maximum Gasteiger partial charge on any atom is 0.407 e. The zero-order chi connectivity index (χ0) is 16.8. The van der Waals surface area contributed by atoms with Crippen molar-refractivity contribution in [2.24, 2.45) is 0 Å². The Kier molecular flexibility index (Phi) is 7.15. The fourth-order valence-electron chi connectivity index (χ4n) is 1.45. The van der Waals surface area contributed by atoms with E-state index in [9.17, 15) is 9.59 Å². The minimum absolute atomic E-state index is 0.356. The maximum absolute atomic E-state index is 11.6. The van der Waals surface area contributed by atoms with Gasteiger partial charge in [-0.05, 0) is 43.1 Å². The van der Waals surface area contributed by atoms with E-state index in [-0.39, 0.29) is 0 Å². The molecule has 1 N–H and O–H groups in total. The molecule has 124 valence electrons. The molecule has 0 saturated carbocycles. The molecule has 1 rings (SSSR count). The number of hydrogen-bond donors (Lipinski definition) is 1. The lowest BCUT2D eigenvalue weighted by molar-refractivity contribution is 0.0525. The van der Waals surface area contributed by atoms with Crippen molar-refractivity contribution in [1.82, 2.24) is 5.32 Å². The highest BCUT2D eigenvalue weighted by atomic mass is 79.9. The Morgan fingerprint density at radius 3 is 2.64 bits per heavy atom. The van der Waals surface area contributed by atoms with Crippen LogP contribution in [0.25, 0.3) is 0 Å².